The Morgan fingerprint density at radius 2 is 2.07 bits per heavy atom. The number of nitrogens with two attached hydrogens (primary N) is 1. The number of carbonyl (C=O) groups excluding carboxylic acids is 1. The van der Waals surface area contributed by atoms with Gasteiger partial charge in [-0.15, -0.1) is 0 Å². The molecule has 4 nitrogen and oxygen atoms in total. The second kappa shape index (κ2) is 5.98. The molecule has 0 aromatic carbocycles. The Morgan fingerprint density at radius 1 is 1.50 bits per heavy atom. The summed E-state index contributed by atoms with van der Waals surface area (Å²) in [6.45, 7) is 8.33. The first kappa shape index (κ1) is 13.4. The third-order valence-corrected chi connectivity index (χ3v) is 2.30. The highest BCUT2D eigenvalue weighted by Gasteiger charge is 2.30. The van der Waals surface area contributed by atoms with Gasteiger partial charge >= 0.3 is 0 Å². The Labute approximate surface area is 86.8 Å². The number of nitrogens with one attached hydrogen (secondary N) is 1. The molecule has 3 N–H and O–H groups in total. The van der Waals surface area contributed by atoms with E-state index >= 15 is 0 Å². The highest BCUT2D eigenvalue weighted by atomic mass is 16.1. The van der Waals surface area contributed by atoms with Crippen LogP contribution in [0.15, 0.2) is 0 Å². The maximum absolute atomic E-state index is 11.3. The lowest BCUT2D eigenvalue weighted by molar-refractivity contribution is -0.124. The Kier molecular flexibility index (Phi) is 5.72. The van der Waals surface area contributed by atoms with E-state index in [1.807, 2.05) is 20.9 Å². The molecule has 0 bridgehead atoms. The lowest BCUT2D eigenvalue weighted by Crippen LogP contribution is -2.59. The minimum Gasteiger partial charge on any atom is -0.368 e. The van der Waals surface area contributed by atoms with Crippen molar-refractivity contribution in [3.05, 3.63) is 0 Å². The van der Waals surface area contributed by atoms with Gasteiger partial charge in [-0.05, 0) is 33.5 Å². The fourth-order valence-electron chi connectivity index (χ4n) is 1.61. The standard InChI is InChI=1S/C10H23N3O/c1-5-7-13(4)8-10(3,9(11)14)12-6-2/h12H,5-8H2,1-4H3,(H2,11,14). The molecule has 84 valence electrons. The number of primary amides is 1. The number of amides is 1. The van der Waals surface area contributed by atoms with Gasteiger partial charge in [0, 0.05) is 6.54 Å². The molecule has 0 aliphatic carbocycles. The summed E-state index contributed by atoms with van der Waals surface area (Å²) >= 11 is 0. The molecule has 0 spiro atoms. The summed E-state index contributed by atoms with van der Waals surface area (Å²) in [7, 11) is 2.00. The van der Waals surface area contributed by atoms with Gasteiger partial charge in [0.05, 0.1) is 0 Å². The monoisotopic (exact) mass is 201 g/mol. The van der Waals surface area contributed by atoms with Crippen molar-refractivity contribution >= 4 is 5.91 Å². The number of nitrogens with zero attached hydrogens (tertiary/aromatic N) is 1. The fraction of sp³-hybridized carbons (Fsp3) is 0.900. The van der Waals surface area contributed by atoms with E-state index in [-0.39, 0.29) is 5.91 Å². The van der Waals surface area contributed by atoms with Crippen LogP contribution in [0.1, 0.15) is 27.2 Å². The molecule has 4 heteroatoms. The minimum atomic E-state index is -0.612. The molecule has 14 heavy (non-hydrogen) atoms. The fourth-order valence-corrected chi connectivity index (χ4v) is 1.61. The molecule has 0 heterocycles. The van der Waals surface area contributed by atoms with Gasteiger partial charge in [0.1, 0.15) is 5.54 Å². The second-order valence-electron chi connectivity index (χ2n) is 3.96. The van der Waals surface area contributed by atoms with Gasteiger partial charge in [-0.3, -0.25) is 4.79 Å². The first-order valence-corrected chi connectivity index (χ1v) is 5.19. The van der Waals surface area contributed by atoms with E-state index in [2.05, 4.69) is 17.1 Å². The number of rotatable bonds is 7. The van der Waals surface area contributed by atoms with Crippen molar-refractivity contribution in [3.8, 4) is 0 Å². The normalized spacial score (nSPS) is 15.5. The molecule has 0 aromatic heterocycles. The largest absolute Gasteiger partial charge is 0.368 e. The smallest absolute Gasteiger partial charge is 0.238 e. The van der Waals surface area contributed by atoms with Crippen molar-refractivity contribution in [2.75, 3.05) is 26.7 Å². The number of likely N-dealkylation sites (N-methyl/N-ethyl adjacent to an activating group) is 2. The van der Waals surface area contributed by atoms with Crippen LogP contribution >= 0.6 is 0 Å². The predicted molar refractivity (Wildman–Crippen MR) is 59.1 cm³/mol. The minimum absolute atomic E-state index is 0.290. The second-order valence-corrected chi connectivity index (χ2v) is 3.96. The predicted octanol–water partition coefficient (Wildman–Crippen LogP) is 0.182. The number of hydrogen-bond acceptors (Lipinski definition) is 3. The van der Waals surface area contributed by atoms with E-state index in [1.54, 1.807) is 0 Å². The Bertz CT molecular complexity index is 184. The molecule has 0 fully saturated rings. The summed E-state index contributed by atoms with van der Waals surface area (Å²) in [4.78, 5) is 13.4. The van der Waals surface area contributed by atoms with Gasteiger partial charge < -0.3 is 16.0 Å². The Hall–Kier alpha value is -0.610. The van der Waals surface area contributed by atoms with Crippen LogP contribution in [-0.2, 0) is 4.79 Å². The van der Waals surface area contributed by atoms with Crippen LogP contribution in [0.2, 0.25) is 0 Å². The van der Waals surface area contributed by atoms with Gasteiger partial charge in [0.25, 0.3) is 0 Å². The quantitative estimate of drug-likeness (QED) is 0.618. The van der Waals surface area contributed by atoms with Crippen LogP contribution < -0.4 is 11.1 Å². The maximum atomic E-state index is 11.3. The highest BCUT2D eigenvalue weighted by molar-refractivity contribution is 5.84. The van der Waals surface area contributed by atoms with E-state index in [0.717, 1.165) is 19.5 Å². The van der Waals surface area contributed by atoms with Gasteiger partial charge in [0.2, 0.25) is 5.91 Å². The van der Waals surface area contributed by atoms with Gasteiger partial charge in [-0.25, -0.2) is 0 Å². The average Bonchev–Trinajstić information content (AvgIpc) is 2.04. The van der Waals surface area contributed by atoms with E-state index in [1.165, 1.54) is 0 Å². The van der Waals surface area contributed by atoms with E-state index in [4.69, 9.17) is 5.73 Å². The molecule has 0 radical (unpaired) electrons. The first-order valence-electron chi connectivity index (χ1n) is 5.19. The summed E-state index contributed by atoms with van der Waals surface area (Å²) in [5.41, 5.74) is 4.76. The number of hydrogen-bond donors (Lipinski definition) is 2. The summed E-state index contributed by atoms with van der Waals surface area (Å²) in [5.74, 6) is -0.290. The Balaban J connectivity index is 4.28. The van der Waals surface area contributed by atoms with Crippen LogP contribution in [0.5, 0.6) is 0 Å². The molecule has 0 rings (SSSR count). The zero-order valence-corrected chi connectivity index (χ0v) is 9.76. The van der Waals surface area contributed by atoms with E-state index in [9.17, 15) is 4.79 Å². The van der Waals surface area contributed by atoms with E-state index < -0.39 is 5.54 Å². The maximum Gasteiger partial charge on any atom is 0.238 e. The molecule has 0 aromatic rings. The third kappa shape index (κ3) is 4.07. The van der Waals surface area contributed by atoms with Crippen molar-refractivity contribution < 1.29 is 4.79 Å². The zero-order chi connectivity index (χ0) is 11.2. The van der Waals surface area contributed by atoms with Gasteiger partial charge in [-0.1, -0.05) is 13.8 Å². The van der Waals surface area contributed by atoms with Crippen molar-refractivity contribution in [1.29, 1.82) is 0 Å². The molecular formula is C10H23N3O. The average molecular weight is 201 g/mol. The summed E-state index contributed by atoms with van der Waals surface area (Å²) in [6, 6.07) is 0. The molecule has 0 aliphatic heterocycles. The summed E-state index contributed by atoms with van der Waals surface area (Å²) in [5, 5.41) is 3.13. The van der Waals surface area contributed by atoms with Gasteiger partial charge in [-0.2, -0.15) is 0 Å². The van der Waals surface area contributed by atoms with E-state index in [0.29, 0.717) is 6.54 Å². The number of carbonyl (C=O) groups is 1. The third-order valence-electron chi connectivity index (χ3n) is 2.30. The first-order chi connectivity index (χ1) is 6.46. The van der Waals surface area contributed by atoms with Crippen molar-refractivity contribution in [1.82, 2.24) is 10.2 Å². The topological polar surface area (TPSA) is 58.4 Å². The lowest BCUT2D eigenvalue weighted by Gasteiger charge is -2.31. The summed E-state index contributed by atoms with van der Waals surface area (Å²) < 4.78 is 0. The lowest BCUT2D eigenvalue weighted by atomic mass is 10.0. The summed E-state index contributed by atoms with van der Waals surface area (Å²) in [6.07, 6.45) is 1.08. The highest BCUT2D eigenvalue weighted by Crippen LogP contribution is 2.05. The van der Waals surface area contributed by atoms with Gasteiger partial charge in [0.15, 0.2) is 0 Å². The van der Waals surface area contributed by atoms with Crippen LogP contribution in [0.4, 0.5) is 0 Å². The zero-order valence-electron chi connectivity index (χ0n) is 9.76. The molecule has 0 saturated carbocycles. The van der Waals surface area contributed by atoms with Crippen LogP contribution in [0.25, 0.3) is 0 Å². The molecule has 1 amide bonds. The van der Waals surface area contributed by atoms with Crippen molar-refractivity contribution in [2.24, 2.45) is 5.73 Å². The van der Waals surface area contributed by atoms with Crippen molar-refractivity contribution in [3.63, 3.8) is 0 Å². The molecule has 0 saturated heterocycles. The molecular weight excluding hydrogens is 178 g/mol. The Morgan fingerprint density at radius 3 is 2.43 bits per heavy atom. The van der Waals surface area contributed by atoms with Crippen LogP contribution in [0.3, 0.4) is 0 Å². The SMILES string of the molecule is CCCN(C)CC(C)(NCC)C(N)=O. The van der Waals surface area contributed by atoms with Crippen LogP contribution in [-0.4, -0.2) is 43.0 Å². The molecule has 0 aliphatic rings. The van der Waals surface area contributed by atoms with Crippen LogP contribution in [0, 0.1) is 0 Å². The molecule has 1 atom stereocenters. The van der Waals surface area contributed by atoms with Crippen molar-refractivity contribution in [2.45, 2.75) is 32.7 Å². The molecule has 1 unspecified atom stereocenters.